The fourth-order valence-corrected chi connectivity index (χ4v) is 2.27. The van der Waals surface area contributed by atoms with Crippen LogP contribution >= 0.6 is 0 Å². The quantitative estimate of drug-likeness (QED) is 0.775. The molecule has 1 rings (SSSR count). The molecule has 1 aromatic carbocycles. The van der Waals surface area contributed by atoms with Crippen molar-refractivity contribution in [3.8, 4) is 0 Å². The van der Waals surface area contributed by atoms with Crippen molar-refractivity contribution in [1.29, 1.82) is 0 Å². The maximum Gasteiger partial charge on any atom is 0.0451 e. The molecule has 0 saturated carbocycles. The van der Waals surface area contributed by atoms with Crippen LogP contribution in [0.25, 0.3) is 0 Å². The lowest BCUT2D eigenvalue weighted by molar-refractivity contribution is 0.257. The van der Waals surface area contributed by atoms with Gasteiger partial charge in [-0.2, -0.15) is 0 Å². The van der Waals surface area contributed by atoms with Crippen LogP contribution in [0.5, 0.6) is 0 Å². The Balaban J connectivity index is 2.65. The molecule has 0 bridgehead atoms. The number of hydrogen-bond acceptors (Lipinski definition) is 3. The molecule has 0 amide bonds. The van der Waals surface area contributed by atoms with Crippen molar-refractivity contribution >= 4 is 0 Å². The number of aryl methyl sites for hydroxylation is 1. The third-order valence-corrected chi connectivity index (χ3v) is 3.44. The van der Waals surface area contributed by atoms with E-state index in [0.29, 0.717) is 6.04 Å². The van der Waals surface area contributed by atoms with Crippen molar-refractivity contribution in [3.63, 3.8) is 0 Å². The highest BCUT2D eigenvalue weighted by atomic mass is 15.2. The van der Waals surface area contributed by atoms with Gasteiger partial charge in [-0.25, -0.2) is 0 Å². The summed E-state index contributed by atoms with van der Waals surface area (Å²) >= 11 is 0. The molecule has 1 unspecified atom stereocenters. The first kappa shape index (κ1) is 16.2. The fourth-order valence-electron chi connectivity index (χ4n) is 2.27. The molecule has 0 saturated heterocycles. The van der Waals surface area contributed by atoms with Gasteiger partial charge >= 0.3 is 0 Å². The number of nitrogens with zero attached hydrogens (tertiary/aromatic N) is 2. The first-order chi connectivity index (χ1) is 9.04. The molecule has 1 N–H and O–H groups in total. The molecule has 0 fully saturated rings. The van der Waals surface area contributed by atoms with Crippen LogP contribution in [-0.2, 0) is 0 Å². The normalized spacial score (nSPS) is 13.2. The molecule has 3 nitrogen and oxygen atoms in total. The van der Waals surface area contributed by atoms with E-state index in [2.05, 4.69) is 74.4 Å². The molecule has 1 atom stereocenters. The van der Waals surface area contributed by atoms with Crippen molar-refractivity contribution in [2.45, 2.75) is 19.9 Å². The Morgan fingerprint density at radius 1 is 1.11 bits per heavy atom. The zero-order valence-corrected chi connectivity index (χ0v) is 13.1. The van der Waals surface area contributed by atoms with E-state index in [1.54, 1.807) is 0 Å². The minimum absolute atomic E-state index is 0.415. The third kappa shape index (κ3) is 5.72. The molecule has 0 aliphatic rings. The zero-order valence-electron chi connectivity index (χ0n) is 13.1. The first-order valence-corrected chi connectivity index (χ1v) is 7.16. The van der Waals surface area contributed by atoms with Crippen molar-refractivity contribution in [2.75, 3.05) is 47.3 Å². The van der Waals surface area contributed by atoms with Gasteiger partial charge in [0.15, 0.2) is 0 Å². The smallest absolute Gasteiger partial charge is 0.0451 e. The summed E-state index contributed by atoms with van der Waals surface area (Å²) in [6.07, 6.45) is 0. The second-order valence-corrected chi connectivity index (χ2v) is 5.53. The molecule has 0 aromatic heterocycles. The molecule has 0 aliphatic carbocycles. The molecule has 0 spiro atoms. The highest BCUT2D eigenvalue weighted by Crippen LogP contribution is 2.18. The predicted molar refractivity (Wildman–Crippen MR) is 83.6 cm³/mol. The van der Waals surface area contributed by atoms with Crippen molar-refractivity contribution < 1.29 is 0 Å². The van der Waals surface area contributed by atoms with Crippen LogP contribution < -0.4 is 5.32 Å². The minimum atomic E-state index is 0.415. The molecule has 19 heavy (non-hydrogen) atoms. The van der Waals surface area contributed by atoms with E-state index in [4.69, 9.17) is 0 Å². The summed E-state index contributed by atoms with van der Waals surface area (Å²) in [7, 11) is 6.44. The summed E-state index contributed by atoms with van der Waals surface area (Å²) in [5, 5.41) is 3.60. The van der Waals surface area contributed by atoms with Crippen molar-refractivity contribution in [3.05, 3.63) is 35.4 Å². The van der Waals surface area contributed by atoms with Gasteiger partial charge in [0.25, 0.3) is 0 Å². The number of likely N-dealkylation sites (N-methyl/N-ethyl adjacent to an activating group) is 3. The minimum Gasteiger partial charge on any atom is -0.309 e. The Labute approximate surface area is 118 Å². The van der Waals surface area contributed by atoms with Crippen molar-refractivity contribution in [1.82, 2.24) is 15.1 Å². The Bertz CT molecular complexity index is 363. The molecule has 0 radical (unpaired) electrons. The summed E-state index contributed by atoms with van der Waals surface area (Å²) in [6, 6.07) is 9.09. The van der Waals surface area contributed by atoms with Gasteiger partial charge in [-0.1, -0.05) is 31.2 Å². The fraction of sp³-hybridized carbons (Fsp3) is 0.625. The van der Waals surface area contributed by atoms with Crippen LogP contribution in [0.1, 0.15) is 24.1 Å². The second kappa shape index (κ2) is 8.31. The summed E-state index contributed by atoms with van der Waals surface area (Å²) < 4.78 is 0. The van der Waals surface area contributed by atoms with E-state index in [9.17, 15) is 0 Å². The van der Waals surface area contributed by atoms with Gasteiger partial charge in [-0.15, -0.1) is 0 Å². The lowest BCUT2D eigenvalue weighted by atomic mass is 10.0. The van der Waals surface area contributed by atoms with E-state index in [0.717, 1.165) is 26.2 Å². The Morgan fingerprint density at radius 2 is 1.79 bits per heavy atom. The lowest BCUT2D eigenvalue weighted by Crippen LogP contribution is -2.36. The van der Waals surface area contributed by atoms with Gasteiger partial charge in [-0.3, -0.25) is 0 Å². The SMILES string of the molecule is CCNC(CN(C)CCN(C)C)c1ccccc1C. The third-order valence-electron chi connectivity index (χ3n) is 3.44. The van der Waals surface area contributed by atoms with E-state index in [1.807, 2.05) is 0 Å². The van der Waals surface area contributed by atoms with Gasteiger partial charge in [0, 0.05) is 25.7 Å². The number of rotatable bonds is 8. The number of benzene rings is 1. The lowest BCUT2D eigenvalue weighted by Gasteiger charge is -2.27. The van der Waals surface area contributed by atoms with Crippen LogP contribution in [0, 0.1) is 6.92 Å². The Kier molecular flexibility index (Phi) is 7.06. The summed E-state index contributed by atoms with van der Waals surface area (Å²) in [5.41, 5.74) is 2.79. The molecule has 0 aliphatic heterocycles. The van der Waals surface area contributed by atoms with Crippen molar-refractivity contribution in [2.24, 2.45) is 0 Å². The highest BCUT2D eigenvalue weighted by Gasteiger charge is 2.14. The largest absolute Gasteiger partial charge is 0.309 e. The van der Waals surface area contributed by atoms with Gasteiger partial charge in [0.1, 0.15) is 0 Å². The summed E-state index contributed by atoms with van der Waals surface area (Å²) in [6.45, 7) is 8.61. The van der Waals surface area contributed by atoms with Gasteiger partial charge < -0.3 is 15.1 Å². The first-order valence-electron chi connectivity index (χ1n) is 7.16. The van der Waals surface area contributed by atoms with Gasteiger partial charge in [0.2, 0.25) is 0 Å². The molecule has 3 heteroatoms. The topological polar surface area (TPSA) is 18.5 Å². The highest BCUT2D eigenvalue weighted by molar-refractivity contribution is 5.29. The number of nitrogens with one attached hydrogen (secondary N) is 1. The Morgan fingerprint density at radius 3 is 2.37 bits per heavy atom. The average Bonchev–Trinajstić information content (AvgIpc) is 2.36. The molecular formula is C16H29N3. The van der Waals surface area contributed by atoms with Crippen LogP contribution in [-0.4, -0.2) is 57.1 Å². The molecule has 108 valence electrons. The monoisotopic (exact) mass is 263 g/mol. The Hall–Kier alpha value is -0.900. The van der Waals surface area contributed by atoms with Crippen LogP contribution in [0.3, 0.4) is 0 Å². The molecule has 1 aromatic rings. The number of hydrogen-bond donors (Lipinski definition) is 1. The van der Waals surface area contributed by atoms with Gasteiger partial charge in [0.05, 0.1) is 0 Å². The standard InChI is InChI=1S/C16H29N3/c1-6-17-16(13-19(5)12-11-18(3)4)15-10-8-7-9-14(15)2/h7-10,16-17H,6,11-13H2,1-5H3. The summed E-state index contributed by atoms with van der Waals surface area (Å²) in [5.74, 6) is 0. The zero-order chi connectivity index (χ0) is 14.3. The average molecular weight is 263 g/mol. The van der Waals surface area contributed by atoms with Crippen LogP contribution in [0.2, 0.25) is 0 Å². The maximum absolute atomic E-state index is 3.60. The van der Waals surface area contributed by atoms with Gasteiger partial charge in [-0.05, 0) is 45.7 Å². The molecule has 0 heterocycles. The van der Waals surface area contributed by atoms with Crippen LogP contribution in [0.15, 0.2) is 24.3 Å². The van der Waals surface area contributed by atoms with E-state index < -0.39 is 0 Å². The van der Waals surface area contributed by atoms with E-state index in [1.165, 1.54) is 11.1 Å². The van der Waals surface area contributed by atoms with E-state index in [-0.39, 0.29) is 0 Å². The molecular weight excluding hydrogens is 234 g/mol. The van der Waals surface area contributed by atoms with Crippen LogP contribution in [0.4, 0.5) is 0 Å². The maximum atomic E-state index is 3.60. The second-order valence-electron chi connectivity index (χ2n) is 5.53. The summed E-state index contributed by atoms with van der Waals surface area (Å²) in [4.78, 5) is 4.63. The predicted octanol–water partition coefficient (Wildman–Crippen LogP) is 2.14. The van der Waals surface area contributed by atoms with E-state index >= 15 is 0 Å².